The Labute approximate surface area is 186 Å². The molecule has 0 unspecified atom stereocenters. The van der Waals surface area contributed by atoms with E-state index in [1.54, 1.807) is 55.5 Å². The SMILES string of the molecule is COC(=O)c1c(NC(=O)c2ccc(Cl)cc2)sc(C(=O)Nc2cccc(Cl)c2)c1C. The summed E-state index contributed by atoms with van der Waals surface area (Å²) in [5.41, 5.74) is 1.39. The third-order valence-corrected chi connectivity index (χ3v) is 5.85. The smallest absolute Gasteiger partial charge is 0.341 e. The summed E-state index contributed by atoms with van der Waals surface area (Å²) < 4.78 is 4.84. The average molecular weight is 463 g/mol. The van der Waals surface area contributed by atoms with Crippen LogP contribution in [0, 0.1) is 6.92 Å². The maximum absolute atomic E-state index is 12.8. The third kappa shape index (κ3) is 4.81. The second kappa shape index (κ2) is 9.30. The van der Waals surface area contributed by atoms with Gasteiger partial charge in [-0.15, -0.1) is 11.3 Å². The zero-order chi connectivity index (χ0) is 21.8. The summed E-state index contributed by atoms with van der Waals surface area (Å²) in [6, 6.07) is 13.0. The van der Waals surface area contributed by atoms with Crippen molar-refractivity contribution in [3.63, 3.8) is 0 Å². The number of esters is 1. The number of anilines is 2. The number of hydrogen-bond acceptors (Lipinski definition) is 5. The molecule has 1 heterocycles. The van der Waals surface area contributed by atoms with Crippen LogP contribution in [0.25, 0.3) is 0 Å². The molecule has 3 aromatic rings. The molecular weight excluding hydrogens is 447 g/mol. The quantitative estimate of drug-likeness (QED) is 0.479. The average Bonchev–Trinajstić information content (AvgIpc) is 3.03. The summed E-state index contributed by atoms with van der Waals surface area (Å²) in [4.78, 5) is 38.0. The molecule has 6 nitrogen and oxygen atoms in total. The molecule has 0 saturated carbocycles. The maximum Gasteiger partial charge on any atom is 0.341 e. The van der Waals surface area contributed by atoms with E-state index in [1.165, 1.54) is 7.11 Å². The number of carbonyl (C=O) groups excluding carboxylic acids is 3. The lowest BCUT2D eigenvalue weighted by atomic mass is 10.1. The van der Waals surface area contributed by atoms with Gasteiger partial charge in [0.25, 0.3) is 11.8 Å². The van der Waals surface area contributed by atoms with Crippen LogP contribution in [0.5, 0.6) is 0 Å². The van der Waals surface area contributed by atoms with E-state index < -0.39 is 17.8 Å². The van der Waals surface area contributed by atoms with Crippen molar-refractivity contribution >= 4 is 63.0 Å². The number of nitrogens with one attached hydrogen (secondary N) is 2. The molecule has 0 aliphatic rings. The highest BCUT2D eigenvalue weighted by Gasteiger charge is 2.26. The topological polar surface area (TPSA) is 84.5 Å². The van der Waals surface area contributed by atoms with Gasteiger partial charge in [0, 0.05) is 21.3 Å². The Bertz CT molecular complexity index is 1130. The first kappa shape index (κ1) is 21.8. The minimum absolute atomic E-state index is 0.126. The molecule has 154 valence electrons. The van der Waals surface area contributed by atoms with Crippen LogP contribution in [-0.2, 0) is 4.74 Å². The summed E-state index contributed by atoms with van der Waals surface area (Å²) in [5.74, 6) is -1.53. The van der Waals surface area contributed by atoms with Crippen LogP contribution < -0.4 is 10.6 Å². The van der Waals surface area contributed by atoms with E-state index in [0.717, 1.165) is 11.3 Å². The number of carbonyl (C=O) groups is 3. The predicted octanol–water partition coefficient (Wildman–Crippen LogP) is 5.65. The molecule has 0 atom stereocenters. The van der Waals surface area contributed by atoms with E-state index in [0.29, 0.717) is 26.9 Å². The fourth-order valence-electron chi connectivity index (χ4n) is 2.70. The van der Waals surface area contributed by atoms with Crippen molar-refractivity contribution in [2.24, 2.45) is 0 Å². The van der Waals surface area contributed by atoms with Crippen LogP contribution in [0.2, 0.25) is 10.0 Å². The lowest BCUT2D eigenvalue weighted by molar-refractivity contribution is 0.0601. The lowest BCUT2D eigenvalue weighted by Crippen LogP contribution is -2.14. The third-order valence-electron chi connectivity index (χ3n) is 4.16. The minimum atomic E-state index is -0.656. The maximum atomic E-state index is 12.8. The molecular formula is C21H16Cl2N2O4S. The van der Waals surface area contributed by atoms with Crippen molar-refractivity contribution < 1.29 is 19.1 Å². The molecule has 30 heavy (non-hydrogen) atoms. The van der Waals surface area contributed by atoms with Gasteiger partial charge in [0.05, 0.1) is 17.6 Å². The molecule has 0 saturated heterocycles. The lowest BCUT2D eigenvalue weighted by Gasteiger charge is -2.06. The highest BCUT2D eigenvalue weighted by molar-refractivity contribution is 7.19. The van der Waals surface area contributed by atoms with Crippen molar-refractivity contribution in [3.05, 3.63) is 80.1 Å². The van der Waals surface area contributed by atoms with Crippen molar-refractivity contribution in [1.29, 1.82) is 0 Å². The Morgan fingerprint density at radius 2 is 1.63 bits per heavy atom. The minimum Gasteiger partial charge on any atom is -0.465 e. The fourth-order valence-corrected chi connectivity index (χ4v) is 4.10. The number of thiophene rings is 1. The van der Waals surface area contributed by atoms with Crippen LogP contribution in [0.1, 0.15) is 36.0 Å². The summed E-state index contributed by atoms with van der Waals surface area (Å²) in [6.45, 7) is 1.62. The molecule has 0 radical (unpaired) electrons. The number of amides is 2. The van der Waals surface area contributed by atoms with Crippen molar-refractivity contribution in [2.75, 3.05) is 17.7 Å². The van der Waals surface area contributed by atoms with Gasteiger partial charge in [-0.3, -0.25) is 9.59 Å². The zero-order valence-electron chi connectivity index (χ0n) is 15.9. The highest BCUT2D eigenvalue weighted by atomic mass is 35.5. The van der Waals surface area contributed by atoms with E-state index in [2.05, 4.69) is 10.6 Å². The van der Waals surface area contributed by atoms with Gasteiger partial charge in [-0.25, -0.2) is 4.79 Å². The van der Waals surface area contributed by atoms with Gasteiger partial charge < -0.3 is 15.4 Å². The first-order valence-corrected chi connectivity index (χ1v) is 10.2. The Morgan fingerprint density at radius 3 is 2.27 bits per heavy atom. The van der Waals surface area contributed by atoms with Crippen molar-refractivity contribution in [2.45, 2.75) is 6.92 Å². The van der Waals surface area contributed by atoms with Crippen LogP contribution in [0.15, 0.2) is 48.5 Å². The Balaban J connectivity index is 1.93. The number of benzene rings is 2. The van der Waals surface area contributed by atoms with Crippen LogP contribution in [0.3, 0.4) is 0 Å². The largest absolute Gasteiger partial charge is 0.465 e. The van der Waals surface area contributed by atoms with Gasteiger partial charge in [-0.1, -0.05) is 29.3 Å². The molecule has 0 fully saturated rings. The first-order chi connectivity index (χ1) is 14.3. The molecule has 0 bridgehead atoms. The van der Waals surface area contributed by atoms with Crippen LogP contribution in [-0.4, -0.2) is 24.9 Å². The summed E-state index contributed by atoms with van der Waals surface area (Å²) in [7, 11) is 1.23. The van der Waals surface area contributed by atoms with Gasteiger partial charge in [-0.05, 0) is 55.0 Å². The first-order valence-electron chi connectivity index (χ1n) is 8.65. The van der Waals surface area contributed by atoms with Crippen molar-refractivity contribution in [1.82, 2.24) is 0 Å². The fraction of sp³-hybridized carbons (Fsp3) is 0.0952. The standard InChI is InChI=1S/C21H16Cl2N2O4S/c1-11-16(21(28)29-2)20(25-18(26)12-6-8-13(22)9-7-12)30-17(11)19(27)24-15-5-3-4-14(23)10-15/h3-10H,1-2H3,(H,24,27)(H,25,26). The van der Waals surface area contributed by atoms with Crippen molar-refractivity contribution in [3.8, 4) is 0 Å². The zero-order valence-corrected chi connectivity index (χ0v) is 18.2. The predicted molar refractivity (Wildman–Crippen MR) is 119 cm³/mol. The number of methoxy groups -OCH3 is 1. The van der Waals surface area contributed by atoms with E-state index in [4.69, 9.17) is 27.9 Å². The molecule has 2 aromatic carbocycles. The molecule has 0 spiro atoms. The van der Waals surface area contributed by atoms with Crippen LogP contribution >= 0.6 is 34.5 Å². The molecule has 0 aliphatic carbocycles. The second-order valence-corrected chi connectivity index (χ2v) is 8.07. The summed E-state index contributed by atoms with van der Waals surface area (Å²) >= 11 is 12.8. The molecule has 0 aliphatic heterocycles. The Kier molecular flexibility index (Phi) is 6.77. The Morgan fingerprint density at radius 1 is 0.933 bits per heavy atom. The van der Waals surface area contributed by atoms with Gasteiger partial charge in [0.1, 0.15) is 5.00 Å². The Hall–Kier alpha value is -2.87. The number of rotatable bonds is 5. The molecule has 2 amide bonds. The van der Waals surface area contributed by atoms with E-state index in [9.17, 15) is 14.4 Å². The monoisotopic (exact) mass is 462 g/mol. The second-order valence-electron chi connectivity index (χ2n) is 6.18. The van der Waals surface area contributed by atoms with Crippen LogP contribution in [0.4, 0.5) is 10.7 Å². The van der Waals surface area contributed by atoms with Gasteiger partial charge >= 0.3 is 5.97 Å². The molecule has 3 rings (SSSR count). The number of hydrogen-bond donors (Lipinski definition) is 2. The summed E-state index contributed by atoms with van der Waals surface area (Å²) in [5, 5.41) is 6.61. The van der Waals surface area contributed by atoms with Gasteiger partial charge in [-0.2, -0.15) is 0 Å². The van der Waals surface area contributed by atoms with E-state index in [1.807, 2.05) is 0 Å². The van der Waals surface area contributed by atoms with Gasteiger partial charge in [0.2, 0.25) is 0 Å². The highest BCUT2D eigenvalue weighted by Crippen LogP contribution is 2.34. The molecule has 2 N–H and O–H groups in total. The summed E-state index contributed by atoms with van der Waals surface area (Å²) in [6.07, 6.45) is 0. The number of halogens is 2. The van der Waals surface area contributed by atoms with E-state index in [-0.39, 0.29) is 15.4 Å². The normalized spacial score (nSPS) is 10.4. The van der Waals surface area contributed by atoms with E-state index >= 15 is 0 Å². The molecule has 1 aromatic heterocycles. The van der Waals surface area contributed by atoms with Gasteiger partial charge in [0.15, 0.2) is 0 Å². The molecule has 9 heteroatoms. The number of ether oxygens (including phenoxy) is 1.